The number of aromatic nitrogens is 1. The molecule has 1 aliphatic rings. The molecule has 1 saturated heterocycles. The van der Waals surface area contributed by atoms with E-state index in [2.05, 4.69) is 20.9 Å². The highest BCUT2D eigenvalue weighted by Gasteiger charge is 2.34. The van der Waals surface area contributed by atoms with Crippen LogP contribution >= 0.6 is 11.6 Å². The summed E-state index contributed by atoms with van der Waals surface area (Å²) in [6.45, 7) is 3.66. The first-order valence-corrected chi connectivity index (χ1v) is 14.4. The number of aromatic amines is 1. The Hall–Kier alpha value is -4.38. The van der Waals surface area contributed by atoms with Crippen LogP contribution in [0.4, 0.5) is 0 Å². The first kappa shape index (κ1) is 31.6. The van der Waals surface area contributed by atoms with Crippen LogP contribution in [0.15, 0.2) is 48.5 Å². The zero-order chi connectivity index (χ0) is 31.1. The first-order valence-electron chi connectivity index (χ1n) is 14.1. The smallest absolute Gasteiger partial charge is 0.338 e. The minimum Gasteiger partial charge on any atom is -0.496 e. The first-order chi connectivity index (χ1) is 20.5. The Labute approximate surface area is 254 Å². The Kier molecular flexibility index (Phi) is 10.4. The number of nitrogens with one attached hydrogen (secondary N) is 4. The van der Waals surface area contributed by atoms with Gasteiger partial charge in [0.25, 0.3) is 5.91 Å². The molecule has 43 heavy (non-hydrogen) atoms. The number of H-pyrrole nitrogens is 1. The number of rotatable bonds is 13. The van der Waals surface area contributed by atoms with Gasteiger partial charge in [-0.3, -0.25) is 19.2 Å². The molecule has 1 unspecified atom stereocenters. The number of hydrogen-bond acceptors (Lipinski definition) is 7. The van der Waals surface area contributed by atoms with E-state index in [9.17, 15) is 24.0 Å². The third-order valence-electron chi connectivity index (χ3n) is 7.23. The molecule has 0 bridgehead atoms. The highest BCUT2D eigenvalue weighted by atomic mass is 35.5. The Morgan fingerprint density at radius 3 is 2.44 bits per heavy atom. The van der Waals surface area contributed by atoms with E-state index in [1.807, 2.05) is 19.9 Å². The van der Waals surface area contributed by atoms with Crippen LogP contribution in [0, 0.1) is 11.8 Å². The van der Waals surface area contributed by atoms with Crippen LogP contribution in [0.25, 0.3) is 10.9 Å². The van der Waals surface area contributed by atoms with E-state index in [-0.39, 0.29) is 35.9 Å². The number of Topliss-reactive ketones (excluding diaryl/α,β-unsaturated/α-hetero) is 1. The van der Waals surface area contributed by atoms with Crippen molar-refractivity contribution in [3.05, 3.63) is 64.8 Å². The molecule has 11 nitrogen and oxygen atoms in total. The molecule has 0 saturated carbocycles. The molecule has 4 N–H and O–H groups in total. The molecule has 2 heterocycles. The van der Waals surface area contributed by atoms with Crippen LogP contribution in [0.3, 0.4) is 0 Å². The Morgan fingerprint density at radius 2 is 1.79 bits per heavy atom. The number of halogens is 1. The molecule has 0 radical (unpaired) electrons. The van der Waals surface area contributed by atoms with E-state index in [1.165, 1.54) is 31.4 Å². The van der Waals surface area contributed by atoms with E-state index in [4.69, 9.17) is 21.1 Å². The minimum absolute atomic E-state index is 0.0222. The number of fused-ring (bicyclic) bond motifs is 1. The summed E-state index contributed by atoms with van der Waals surface area (Å²) >= 11 is 5.87. The van der Waals surface area contributed by atoms with E-state index < -0.39 is 48.2 Å². The predicted molar refractivity (Wildman–Crippen MR) is 160 cm³/mol. The van der Waals surface area contributed by atoms with E-state index in [0.717, 1.165) is 0 Å². The summed E-state index contributed by atoms with van der Waals surface area (Å²) in [5, 5.41) is 9.38. The number of esters is 1. The van der Waals surface area contributed by atoms with Crippen molar-refractivity contribution in [1.29, 1.82) is 0 Å². The number of benzene rings is 2. The van der Waals surface area contributed by atoms with Crippen LogP contribution in [0.5, 0.6) is 5.75 Å². The molecule has 0 aliphatic carbocycles. The zero-order valence-electron chi connectivity index (χ0n) is 24.2. The van der Waals surface area contributed by atoms with Crippen molar-refractivity contribution in [3.8, 4) is 5.75 Å². The fourth-order valence-corrected chi connectivity index (χ4v) is 5.10. The number of carbonyl (C=O) groups excluding carboxylic acids is 5. The van der Waals surface area contributed by atoms with Crippen molar-refractivity contribution in [1.82, 2.24) is 20.9 Å². The number of amides is 3. The quantitative estimate of drug-likeness (QED) is 0.216. The third kappa shape index (κ3) is 8.13. The lowest BCUT2D eigenvalue weighted by Crippen LogP contribution is -2.53. The topological polar surface area (TPSA) is 156 Å². The van der Waals surface area contributed by atoms with Gasteiger partial charge < -0.3 is 30.4 Å². The second kappa shape index (κ2) is 14.2. The summed E-state index contributed by atoms with van der Waals surface area (Å²) in [7, 11) is 1.54. The predicted octanol–water partition coefficient (Wildman–Crippen LogP) is 3.41. The third-order valence-corrected chi connectivity index (χ3v) is 7.48. The summed E-state index contributed by atoms with van der Waals surface area (Å²) in [4.78, 5) is 67.9. The van der Waals surface area contributed by atoms with Crippen molar-refractivity contribution in [3.63, 3.8) is 0 Å². The SMILES string of the molecule is COc1cccc2[nH]c(C(=O)N[C@H](CC(C)C)C(=O)N[C@H](CC3CCNC3=O)C(=O)COC(=O)c3ccc(Cl)cc3)cc12. The van der Waals surface area contributed by atoms with Crippen molar-refractivity contribution in [2.45, 2.75) is 45.2 Å². The molecule has 3 amide bonds. The van der Waals surface area contributed by atoms with Crippen molar-refractivity contribution in [2.75, 3.05) is 20.3 Å². The number of ketones is 1. The minimum atomic E-state index is -1.12. The lowest BCUT2D eigenvalue weighted by atomic mass is 9.95. The average molecular weight is 611 g/mol. The van der Waals surface area contributed by atoms with Crippen molar-refractivity contribution < 1.29 is 33.4 Å². The Morgan fingerprint density at radius 1 is 1.05 bits per heavy atom. The standard InChI is InChI=1S/C31H35ClN4O7/c1-17(2)13-24(36-30(40)25-15-21-22(34-25)5-4-6-27(21)42-3)29(39)35-23(14-19-11-12-33-28(19)38)26(37)16-43-31(41)18-7-9-20(32)10-8-18/h4-10,15,17,19,23-24,34H,11-14,16H2,1-3H3,(H,33,38)(H,35,39)(H,36,40)/t19?,23-,24-/m1/s1. The van der Waals surface area contributed by atoms with Crippen LogP contribution in [0.1, 0.15) is 54.0 Å². The van der Waals surface area contributed by atoms with Gasteiger partial charge in [0.2, 0.25) is 11.8 Å². The second-order valence-electron chi connectivity index (χ2n) is 10.9. The maximum atomic E-state index is 13.6. The Balaban J connectivity index is 1.48. The van der Waals surface area contributed by atoms with Gasteiger partial charge in [-0.25, -0.2) is 4.79 Å². The highest BCUT2D eigenvalue weighted by molar-refractivity contribution is 6.30. The average Bonchev–Trinajstić information content (AvgIpc) is 3.61. The Bertz CT molecular complexity index is 1500. The molecular formula is C31H35ClN4O7. The molecular weight excluding hydrogens is 576 g/mol. The fourth-order valence-electron chi connectivity index (χ4n) is 4.97. The maximum Gasteiger partial charge on any atom is 0.338 e. The summed E-state index contributed by atoms with van der Waals surface area (Å²) < 4.78 is 10.6. The molecule has 1 aromatic heterocycles. The fraction of sp³-hybridized carbons (Fsp3) is 0.387. The summed E-state index contributed by atoms with van der Waals surface area (Å²) in [6.07, 6.45) is 0.815. The highest BCUT2D eigenvalue weighted by Crippen LogP contribution is 2.26. The second-order valence-corrected chi connectivity index (χ2v) is 11.3. The molecule has 1 fully saturated rings. The van der Waals surface area contributed by atoms with Gasteiger partial charge in [-0.15, -0.1) is 0 Å². The number of ether oxygens (including phenoxy) is 2. The molecule has 3 aromatic rings. The van der Waals surface area contributed by atoms with Gasteiger partial charge in [-0.05, 0) is 67.6 Å². The van der Waals surface area contributed by atoms with Gasteiger partial charge >= 0.3 is 5.97 Å². The number of carbonyl (C=O) groups is 5. The van der Waals surface area contributed by atoms with Gasteiger partial charge in [0.1, 0.15) is 17.5 Å². The van der Waals surface area contributed by atoms with Gasteiger partial charge in [-0.1, -0.05) is 31.5 Å². The summed E-state index contributed by atoms with van der Waals surface area (Å²) in [5.74, 6) is -2.49. The summed E-state index contributed by atoms with van der Waals surface area (Å²) in [6, 6.07) is 10.9. The molecule has 228 valence electrons. The van der Waals surface area contributed by atoms with Gasteiger partial charge in [0, 0.05) is 28.4 Å². The van der Waals surface area contributed by atoms with Crippen LogP contribution in [-0.4, -0.2) is 66.8 Å². The molecule has 3 atom stereocenters. The van der Waals surface area contributed by atoms with Gasteiger partial charge in [0.05, 0.1) is 18.7 Å². The van der Waals surface area contributed by atoms with Crippen LogP contribution in [-0.2, 0) is 19.1 Å². The van der Waals surface area contributed by atoms with Gasteiger partial charge in [0.15, 0.2) is 12.4 Å². The lowest BCUT2D eigenvalue weighted by molar-refractivity contribution is -0.131. The van der Waals surface area contributed by atoms with E-state index >= 15 is 0 Å². The van der Waals surface area contributed by atoms with Crippen molar-refractivity contribution in [2.24, 2.45) is 11.8 Å². The molecule has 1 aliphatic heterocycles. The monoisotopic (exact) mass is 610 g/mol. The molecule has 4 rings (SSSR count). The van der Waals surface area contributed by atoms with Crippen LogP contribution in [0.2, 0.25) is 5.02 Å². The molecule has 12 heteroatoms. The summed E-state index contributed by atoms with van der Waals surface area (Å²) in [5.41, 5.74) is 1.15. The normalized spacial score (nSPS) is 15.9. The van der Waals surface area contributed by atoms with Gasteiger partial charge in [-0.2, -0.15) is 0 Å². The number of hydrogen-bond donors (Lipinski definition) is 4. The largest absolute Gasteiger partial charge is 0.496 e. The van der Waals surface area contributed by atoms with E-state index in [0.29, 0.717) is 34.6 Å². The number of methoxy groups -OCH3 is 1. The zero-order valence-corrected chi connectivity index (χ0v) is 25.0. The molecule has 2 aromatic carbocycles. The van der Waals surface area contributed by atoms with E-state index in [1.54, 1.807) is 18.2 Å². The maximum absolute atomic E-state index is 13.6. The van der Waals surface area contributed by atoms with Crippen molar-refractivity contribution >= 4 is 52.0 Å². The van der Waals surface area contributed by atoms with Crippen LogP contribution < -0.4 is 20.7 Å². The lowest BCUT2D eigenvalue weighted by Gasteiger charge is -2.25. The molecule has 0 spiro atoms.